The molecule has 112 valence electrons. The lowest BCUT2D eigenvalue weighted by Gasteiger charge is -2.36. The molecule has 0 amide bonds. The summed E-state index contributed by atoms with van der Waals surface area (Å²) in [7, 11) is -2.06. The molecule has 0 aromatic heterocycles. The molecule has 0 aliphatic heterocycles. The molecule has 0 atom stereocenters. The molecule has 0 spiro atoms. The molecule has 0 N–H and O–H groups in total. The summed E-state index contributed by atoms with van der Waals surface area (Å²) in [5.41, 5.74) is 0.596. The van der Waals surface area contributed by atoms with Crippen LogP contribution in [0.4, 0.5) is 0 Å². The van der Waals surface area contributed by atoms with Crippen molar-refractivity contribution in [3.05, 3.63) is 47.2 Å². The van der Waals surface area contributed by atoms with Crippen molar-refractivity contribution in [2.24, 2.45) is 0 Å². The molecule has 1 aromatic carbocycles. The third kappa shape index (κ3) is 4.05. The molecule has 0 radical (unpaired) electrons. The third-order valence-corrected chi connectivity index (χ3v) is 8.37. The zero-order valence-corrected chi connectivity index (χ0v) is 14.7. The number of allylic oxidation sites excluding steroid dienone is 2. The first-order valence-corrected chi connectivity index (χ1v) is 9.90. The first kappa shape index (κ1) is 17.2. The van der Waals surface area contributed by atoms with Gasteiger partial charge in [-0.3, -0.25) is 4.79 Å². The number of carbonyl (C=O) groups is 1. The normalized spacial score (nSPS) is 13.2. The maximum atomic E-state index is 12.4. The molecule has 21 heavy (non-hydrogen) atoms. The number of nitriles is 1. The van der Waals surface area contributed by atoms with Crippen LogP contribution in [0.3, 0.4) is 0 Å². The highest BCUT2D eigenvalue weighted by atomic mass is 28.4. The van der Waals surface area contributed by atoms with Crippen LogP contribution in [0, 0.1) is 11.3 Å². The zero-order chi connectivity index (χ0) is 16.3. The lowest BCUT2D eigenvalue weighted by molar-refractivity contribution is 0.103. The summed E-state index contributed by atoms with van der Waals surface area (Å²) in [5.74, 6) is 0.146. The Morgan fingerprint density at radius 3 is 2.14 bits per heavy atom. The minimum atomic E-state index is -2.06. The standard InChI is InChI=1S/C17H23NO2Si/c1-13(20-21(5,6)17(2,3)4)15(12-18)16(19)14-10-8-7-9-11-14/h7-11H,1-6H3/b15-13+. The van der Waals surface area contributed by atoms with Crippen LogP contribution in [0.5, 0.6) is 0 Å². The van der Waals surface area contributed by atoms with Crippen LogP contribution < -0.4 is 0 Å². The summed E-state index contributed by atoms with van der Waals surface area (Å²) < 4.78 is 6.07. The number of benzene rings is 1. The van der Waals surface area contributed by atoms with Gasteiger partial charge in [-0.1, -0.05) is 51.1 Å². The van der Waals surface area contributed by atoms with E-state index in [0.29, 0.717) is 11.3 Å². The Balaban J connectivity index is 3.14. The zero-order valence-electron chi connectivity index (χ0n) is 13.7. The molecule has 0 heterocycles. The third-order valence-electron chi connectivity index (χ3n) is 3.94. The van der Waals surface area contributed by atoms with Gasteiger partial charge in [-0.15, -0.1) is 0 Å². The molecule has 4 heteroatoms. The average Bonchev–Trinajstić information content (AvgIpc) is 2.38. The van der Waals surface area contributed by atoms with Crippen LogP contribution in [0.25, 0.3) is 0 Å². The van der Waals surface area contributed by atoms with Crippen LogP contribution in [0.15, 0.2) is 41.7 Å². The van der Waals surface area contributed by atoms with Crippen LogP contribution >= 0.6 is 0 Å². The molecule has 1 aromatic rings. The van der Waals surface area contributed by atoms with Crippen LogP contribution in [0.2, 0.25) is 18.1 Å². The molecule has 0 aliphatic rings. The summed E-state index contributed by atoms with van der Waals surface area (Å²) in [6, 6.07) is 10.8. The summed E-state index contributed by atoms with van der Waals surface area (Å²) >= 11 is 0. The second kappa shape index (κ2) is 6.27. The van der Waals surface area contributed by atoms with Gasteiger partial charge in [0.25, 0.3) is 0 Å². The maximum absolute atomic E-state index is 12.4. The van der Waals surface area contributed by atoms with Gasteiger partial charge in [-0.05, 0) is 25.1 Å². The van der Waals surface area contributed by atoms with Crippen molar-refractivity contribution in [3.8, 4) is 6.07 Å². The first-order chi connectivity index (χ1) is 9.60. The summed E-state index contributed by atoms with van der Waals surface area (Å²) in [4.78, 5) is 12.4. The lowest BCUT2D eigenvalue weighted by Crippen LogP contribution is -2.40. The molecule has 0 aliphatic carbocycles. The molecule has 0 fully saturated rings. The predicted octanol–water partition coefficient (Wildman–Crippen LogP) is 4.69. The van der Waals surface area contributed by atoms with Gasteiger partial charge in [-0.2, -0.15) is 5.26 Å². The Labute approximate surface area is 128 Å². The van der Waals surface area contributed by atoms with Gasteiger partial charge in [0.1, 0.15) is 11.6 Å². The first-order valence-electron chi connectivity index (χ1n) is 7.00. The van der Waals surface area contributed by atoms with Gasteiger partial charge in [0.15, 0.2) is 0 Å². The largest absolute Gasteiger partial charge is 0.546 e. The second-order valence-corrected chi connectivity index (χ2v) is 11.3. The summed E-state index contributed by atoms with van der Waals surface area (Å²) in [6.07, 6.45) is 0. The van der Waals surface area contributed by atoms with E-state index in [0.717, 1.165) is 0 Å². The summed E-state index contributed by atoms with van der Waals surface area (Å²) in [6.45, 7) is 12.3. The Morgan fingerprint density at radius 2 is 1.71 bits per heavy atom. The Kier molecular flexibility index (Phi) is 5.14. The van der Waals surface area contributed by atoms with E-state index < -0.39 is 8.32 Å². The van der Waals surface area contributed by atoms with Gasteiger partial charge >= 0.3 is 0 Å². The van der Waals surface area contributed by atoms with Crippen molar-refractivity contribution in [2.45, 2.75) is 45.8 Å². The van der Waals surface area contributed by atoms with E-state index in [-0.39, 0.29) is 16.4 Å². The van der Waals surface area contributed by atoms with Gasteiger partial charge < -0.3 is 4.43 Å². The molecule has 0 bridgehead atoms. The minimum absolute atomic E-state index is 0.0185. The molecular formula is C17H23NO2Si. The number of nitrogens with zero attached hydrogens (tertiary/aromatic N) is 1. The monoisotopic (exact) mass is 301 g/mol. The molecule has 0 unspecified atom stereocenters. The number of ketones is 1. The van der Waals surface area contributed by atoms with E-state index in [1.165, 1.54) is 0 Å². The van der Waals surface area contributed by atoms with Crippen molar-refractivity contribution in [1.82, 2.24) is 0 Å². The van der Waals surface area contributed by atoms with Crippen molar-refractivity contribution in [1.29, 1.82) is 5.26 Å². The predicted molar refractivity (Wildman–Crippen MR) is 87.4 cm³/mol. The molecule has 0 saturated carbocycles. The number of hydrogen-bond donors (Lipinski definition) is 0. The molecular weight excluding hydrogens is 278 g/mol. The fraction of sp³-hybridized carbons (Fsp3) is 0.412. The number of rotatable bonds is 4. The number of hydrogen-bond acceptors (Lipinski definition) is 3. The Morgan fingerprint density at radius 1 is 1.19 bits per heavy atom. The van der Waals surface area contributed by atoms with E-state index in [1.54, 1.807) is 31.2 Å². The van der Waals surface area contributed by atoms with Crippen molar-refractivity contribution < 1.29 is 9.22 Å². The smallest absolute Gasteiger partial charge is 0.250 e. The Bertz CT molecular complexity index is 589. The van der Waals surface area contributed by atoms with Crippen molar-refractivity contribution in [3.63, 3.8) is 0 Å². The fourth-order valence-electron chi connectivity index (χ4n) is 1.61. The van der Waals surface area contributed by atoms with E-state index in [4.69, 9.17) is 4.43 Å². The van der Waals surface area contributed by atoms with Crippen molar-refractivity contribution in [2.75, 3.05) is 0 Å². The summed E-state index contributed by atoms with van der Waals surface area (Å²) in [5, 5.41) is 9.35. The lowest BCUT2D eigenvalue weighted by atomic mass is 10.0. The van der Waals surface area contributed by atoms with Gasteiger partial charge in [0, 0.05) is 5.56 Å². The average molecular weight is 301 g/mol. The molecule has 0 saturated heterocycles. The van der Waals surface area contributed by atoms with E-state index in [2.05, 4.69) is 33.9 Å². The van der Waals surface area contributed by atoms with Crippen LogP contribution in [0.1, 0.15) is 38.1 Å². The SMILES string of the molecule is C/C(O[Si](C)(C)C(C)(C)C)=C(/C#N)C(=O)c1ccccc1. The maximum Gasteiger partial charge on any atom is 0.250 e. The number of Topliss-reactive ketones (excluding diaryl/α,β-unsaturated/α-hetero) is 1. The van der Waals surface area contributed by atoms with Gasteiger partial charge in [-0.25, -0.2) is 0 Å². The van der Waals surface area contributed by atoms with Gasteiger partial charge in [0.2, 0.25) is 14.1 Å². The van der Waals surface area contributed by atoms with Crippen LogP contribution in [-0.4, -0.2) is 14.1 Å². The van der Waals surface area contributed by atoms with Gasteiger partial charge in [0.05, 0.1) is 5.76 Å². The van der Waals surface area contributed by atoms with E-state index in [9.17, 15) is 10.1 Å². The molecule has 3 nitrogen and oxygen atoms in total. The highest BCUT2D eigenvalue weighted by Crippen LogP contribution is 2.38. The quantitative estimate of drug-likeness (QED) is 0.266. The van der Waals surface area contributed by atoms with E-state index in [1.807, 2.05) is 12.1 Å². The van der Waals surface area contributed by atoms with E-state index >= 15 is 0 Å². The topological polar surface area (TPSA) is 50.1 Å². The highest BCUT2D eigenvalue weighted by molar-refractivity contribution is 6.74. The second-order valence-electron chi connectivity index (χ2n) is 6.60. The molecule has 1 rings (SSSR count). The van der Waals surface area contributed by atoms with Crippen molar-refractivity contribution >= 4 is 14.1 Å². The highest BCUT2D eigenvalue weighted by Gasteiger charge is 2.39. The number of carbonyl (C=O) groups excluding carboxylic acids is 1. The Hall–Kier alpha value is -1.86. The minimum Gasteiger partial charge on any atom is -0.546 e. The fourth-order valence-corrected chi connectivity index (χ4v) is 2.78. The van der Waals surface area contributed by atoms with Crippen LogP contribution in [-0.2, 0) is 4.43 Å².